The van der Waals surface area contributed by atoms with Crippen LogP contribution in [0.5, 0.6) is 0 Å². The molecule has 2 heterocycles. The lowest BCUT2D eigenvalue weighted by atomic mass is 9.96. The number of nitrogens with zero attached hydrogens (tertiary/aromatic N) is 1. The number of hydrogen-bond donors (Lipinski definition) is 2. The predicted octanol–water partition coefficient (Wildman–Crippen LogP) is -0.229. The molecule has 0 aliphatic carbocycles. The molecule has 0 radical (unpaired) electrons. The van der Waals surface area contributed by atoms with Gasteiger partial charge in [-0.05, 0) is 30.9 Å². The van der Waals surface area contributed by atoms with Crippen LogP contribution in [-0.4, -0.2) is 50.4 Å². The minimum absolute atomic E-state index is 0.162. The Morgan fingerprint density at radius 2 is 2.21 bits per heavy atom. The van der Waals surface area contributed by atoms with Crippen LogP contribution >= 0.6 is 11.8 Å². The van der Waals surface area contributed by atoms with Gasteiger partial charge in [0.25, 0.3) is 10.2 Å². The highest BCUT2D eigenvalue weighted by molar-refractivity contribution is 7.99. The molecule has 2 atom stereocenters. The molecule has 2 saturated heterocycles. The lowest BCUT2D eigenvalue weighted by molar-refractivity contribution is -0.136. The first-order valence-electron chi connectivity index (χ1n) is 6.59. The zero-order valence-electron chi connectivity index (χ0n) is 10.9. The molecule has 0 aromatic carbocycles. The number of thioether (sulfide) groups is 1. The van der Waals surface area contributed by atoms with Crippen LogP contribution in [0.1, 0.15) is 19.3 Å². The van der Waals surface area contributed by atoms with Crippen molar-refractivity contribution in [2.75, 3.05) is 31.1 Å². The summed E-state index contributed by atoms with van der Waals surface area (Å²) in [6.07, 6.45) is 2.84. The van der Waals surface area contributed by atoms with Crippen LogP contribution in [0.3, 0.4) is 0 Å². The molecule has 19 heavy (non-hydrogen) atoms. The van der Waals surface area contributed by atoms with E-state index in [1.54, 1.807) is 0 Å². The van der Waals surface area contributed by atoms with E-state index < -0.39 is 10.2 Å². The van der Waals surface area contributed by atoms with Gasteiger partial charge in [-0.3, -0.25) is 4.79 Å². The fourth-order valence-corrected chi connectivity index (χ4v) is 4.33. The summed E-state index contributed by atoms with van der Waals surface area (Å²) in [6, 6.07) is 0. The third-order valence-electron chi connectivity index (χ3n) is 3.68. The topological polar surface area (TPSA) is 92.5 Å². The number of hydrogen-bond acceptors (Lipinski definition) is 4. The summed E-state index contributed by atoms with van der Waals surface area (Å²) in [4.78, 5) is 14.2. The summed E-state index contributed by atoms with van der Waals surface area (Å²) >= 11 is 1.83. The Labute approximate surface area is 118 Å². The van der Waals surface area contributed by atoms with Crippen LogP contribution in [0.15, 0.2) is 0 Å². The standard InChI is InChI=1S/C11H21N3O3S2/c12-19(16,17)13-6-9-2-1-4-14(7-9)11(15)10-3-5-18-8-10/h9-10,13H,1-8H2,(H2,12,16,17). The lowest BCUT2D eigenvalue weighted by Gasteiger charge is -2.34. The minimum atomic E-state index is -3.63. The van der Waals surface area contributed by atoms with Gasteiger partial charge in [-0.1, -0.05) is 0 Å². The van der Waals surface area contributed by atoms with Crippen molar-refractivity contribution in [2.24, 2.45) is 17.0 Å². The van der Waals surface area contributed by atoms with Crippen molar-refractivity contribution in [1.82, 2.24) is 9.62 Å². The molecule has 110 valence electrons. The maximum atomic E-state index is 12.3. The first kappa shape index (κ1) is 15.1. The second-order valence-corrected chi connectivity index (χ2v) is 7.78. The van der Waals surface area contributed by atoms with E-state index in [4.69, 9.17) is 5.14 Å². The van der Waals surface area contributed by atoms with Gasteiger partial charge in [0.2, 0.25) is 5.91 Å². The van der Waals surface area contributed by atoms with Gasteiger partial charge in [-0.25, -0.2) is 9.86 Å². The van der Waals surface area contributed by atoms with Gasteiger partial charge in [0, 0.05) is 31.3 Å². The smallest absolute Gasteiger partial charge is 0.274 e. The molecule has 8 heteroatoms. The summed E-state index contributed by atoms with van der Waals surface area (Å²) < 4.78 is 24.1. The van der Waals surface area contributed by atoms with E-state index in [0.717, 1.165) is 37.3 Å². The molecule has 6 nitrogen and oxygen atoms in total. The minimum Gasteiger partial charge on any atom is -0.342 e. The Bertz CT molecular complexity index is 421. The molecule has 2 rings (SSSR count). The summed E-state index contributed by atoms with van der Waals surface area (Å²) in [5.74, 6) is 2.57. The number of nitrogens with one attached hydrogen (secondary N) is 1. The summed E-state index contributed by atoms with van der Waals surface area (Å²) in [7, 11) is -3.63. The maximum absolute atomic E-state index is 12.3. The van der Waals surface area contributed by atoms with Crippen molar-refractivity contribution in [3.8, 4) is 0 Å². The highest BCUT2D eigenvalue weighted by atomic mass is 32.2. The van der Waals surface area contributed by atoms with Crippen molar-refractivity contribution in [3.05, 3.63) is 0 Å². The van der Waals surface area contributed by atoms with Crippen LogP contribution in [0.4, 0.5) is 0 Å². The fourth-order valence-electron chi connectivity index (χ4n) is 2.65. The first-order valence-corrected chi connectivity index (χ1v) is 9.30. The fraction of sp³-hybridized carbons (Fsp3) is 0.909. The van der Waals surface area contributed by atoms with Gasteiger partial charge in [-0.15, -0.1) is 0 Å². The van der Waals surface area contributed by atoms with Gasteiger partial charge in [0.15, 0.2) is 0 Å². The molecular weight excluding hydrogens is 286 g/mol. The van der Waals surface area contributed by atoms with Crippen molar-refractivity contribution in [1.29, 1.82) is 0 Å². The molecule has 0 aromatic heterocycles. The van der Waals surface area contributed by atoms with Crippen molar-refractivity contribution in [3.63, 3.8) is 0 Å². The first-order chi connectivity index (χ1) is 8.96. The lowest BCUT2D eigenvalue weighted by Crippen LogP contribution is -2.46. The third-order valence-corrected chi connectivity index (χ3v) is 5.41. The highest BCUT2D eigenvalue weighted by Gasteiger charge is 2.31. The largest absolute Gasteiger partial charge is 0.342 e. The molecule has 2 fully saturated rings. The van der Waals surface area contributed by atoms with Gasteiger partial charge in [0.05, 0.1) is 0 Å². The van der Waals surface area contributed by atoms with Gasteiger partial charge < -0.3 is 4.90 Å². The molecule has 2 unspecified atom stereocenters. The molecule has 3 N–H and O–H groups in total. The molecule has 0 saturated carbocycles. The van der Waals surface area contributed by atoms with Crippen molar-refractivity contribution < 1.29 is 13.2 Å². The van der Waals surface area contributed by atoms with Gasteiger partial charge in [-0.2, -0.15) is 20.2 Å². The molecule has 1 amide bonds. The number of likely N-dealkylation sites (tertiary alicyclic amines) is 1. The van der Waals surface area contributed by atoms with Crippen LogP contribution in [0.2, 0.25) is 0 Å². The number of carbonyl (C=O) groups excluding carboxylic acids is 1. The quantitative estimate of drug-likeness (QED) is 0.750. The zero-order valence-corrected chi connectivity index (χ0v) is 12.5. The molecule has 2 aliphatic heterocycles. The van der Waals surface area contributed by atoms with E-state index in [2.05, 4.69) is 4.72 Å². The second kappa shape index (κ2) is 6.43. The summed E-state index contributed by atoms with van der Waals surface area (Å²) in [6.45, 7) is 1.76. The summed E-state index contributed by atoms with van der Waals surface area (Å²) in [5.41, 5.74) is 0. The number of carbonyl (C=O) groups is 1. The predicted molar refractivity (Wildman–Crippen MR) is 75.8 cm³/mol. The van der Waals surface area contributed by atoms with Gasteiger partial charge >= 0.3 is 0 Å². The van der Waals surface area contributed by atoms with Crippen molar-refractivity contribution in [2.45, 2.75) is 19.3 Å². The third kappa shape index (κ3) is 4.62. The molecular formula is C11H21N3O3S2. The van der Waals surface area contributed by atoms with Crippen LogP contribution < -0.4 is 9.86 Å². The van der Waals surface area contributed by atoms with Crippen LogP contribution in [0.25, 0.3) is 0 Å². The van der Waals surface area contributed by atoms with Crippen LogP contribution in [-0.2, 0) is 15.0 Å². The van der Waals surface area contributed by atoms with E-state index in [1.165, 1.54) is 0 Å². The zero-order chi connectivity index (χ0) is 13.9. The van der Waals surface area contributed by atoms with E-state index in [1.807, 2.05) is 16.7 Å². The number of amides is 1. The number of piperidine rings is 1. The molecule has 0 aromatic rings. The average Bonchev–Trinajstić information content (AvgIpc) is 2.89. The van der Waals surface area contributed by atoms with E-state index in [9.17, 15) is 13.2 Å². The average molecular weight is 307 g/mol. The van der Waals surface area contributed by atoms with E-state index in [0.29, 0.717) is 13.1 Å². The second-order valence-electron chi connectivity index (χ2n) is 5.25. The molecule has 0 spiro atoms. The number of nitrogens with two attached hydrogens (primary N) is 1. The van der Waals surface area contributed by atoms with Gasteiger partial charge in [0.1, 0.15) is 0 Å². The Morgan fingerprint density at radius 3 is 2.84 bits per heavy atom. The molecule has 2 aliphatic rings. The maximum Gasteiger partial charge on any atom is 0.274 e. The normalized spacial score (nSPS) is 28.6. The SMILES string of the molecule is NS(=O)(=O)NCC1CCCN(C(=O)C2CCSC2)C1. The van der Waals surface area contributed by atoms with E-state index >= 15 is 0 Å². The van der Waals surface area contributed by atoms with E-state index in [-0.39, 0.29) is 17.7 Å². The Morgan fingerprint density at radius 1 is 1.42 bits per heavy atom. The monoisotopic (exact) mass is 307 g/mol. The van der Waals surface area contributed by atoms with Crippen molar-refractivity contribution >= 4 is 27.9 Å². The Balaban J connectivity index is 1.84. The van der Waals surface area contributed by atoms with Crippen LogP contribution in [0, 0.1) is 11.8 Å². The highest BCUT2D eigenvalue weighted by Crippen LogP contribution is 2.27. The molecule has 0 bridgehead atoms. The Hall–Kier alpha value is -0.310. The Kier molecular flexibility index (Phi) is 5.10. The number of rotatable bonds is 4. The summed E-state index contributed by atoms with van der Waals surface area (Å²) in [5, 5.41) is 4.92.